The minimum Gasteiger partial charge on any atom is -0.488 e. The van der Waals surface area contributed by atoms with Gasteiger partial charge in [0.25, 0.3) is 5.91 Å². The number of halogens is 1. The predicted octanol–water partition coefficient (Wildman–Crippen LogP) is 3.62. The molecule has 5 nitrogen and oxygen atoms in total. The number of benzene rings is 2. The van der Waals surface area contributed by atoms with Gasteiger partial charge in [-0.05, 0) is 36.4 Å². The molecule has 2 aromatic carbocycles. The van der Waals surface area contributed by atoms with Crippen LogP contribution >= 0.6 is 11.6 Å². The van der Waals surface area contributed by atoms with Crippen LogP contribution in [0.2, 0.25) is 5.02 Å². The molecule has 0 bridgehead atoms. The fraction of sp³-hybridized carbons (Fsp3) is 0.100. The molecule has 0 saturated carbocycles. The maximum Gasteiger partial charge on any atom is 0.250 e. The van der Waals surface area contributed by atoms with Gasteiger partial charge >= 0.3 is 0 Å². The van der Waals surface area contributed by atoms with E-state index in [1.165, 1.54) is 0 Å². The number of nitrogens with zero attached hydrogens (tertiary/aromatic N) is 2. The van der Waals surface area contributed by atoms with Crippen molar-refractivity contribution in [2.45, 2.75) is 6.54 Å². The molecule has 1 aromatic heterocycles. The van der Waals surface area contributed by atoms with Crippen molar-refractivity contribution in [2.75, 3.05) is 6.61 Å². The van der Waals surface area contributed by atoms with Gasteiger partial charge in [-0.15, -0.1) is 0 Å². The van der Waals surface area contributed by atoms with E-state index in [0.717, 1.165) is 22.6 Å². The molecule has 3 aromatic rings. The van der Waals surface area contributed by atoms with Gasteiger partial charge in [-0.2, -0.15) is 5.10 Å². The van der Waals surface area contributed by atoms with E-state index in [2.05, 4.69) is 10.4 Å². The molecule has 0 radical (unpaired) electrons. The van der Waals surface area contributed by atoms with Gasteiger partial charge in [0.05, 0.1) is 17.5 Å². The van der Waals surface area contributed by atoms with Gasteiger partial charge < -0.3 is 10.1 Å². The van der Waals surface area contributed by atoms with E-state index in [4.69, 9.17) is 16.3 Å². The molecule has 0 saturated heterocycles. The summed E-state index contributed by atoms with van der Waals surface area (Å²) < 4.78 is 7.40. The molecule has 0 fully saturated rings. The number of para-hydroxylation sites is 1. The Morgan fingerprint density at radius 2 is 2.08 bits per heavy atom. The van der Waals surface area contributed by atoms with Crippen LogP contribution in [0.25, 0.3) is 11.8 Å². The molecular weight excluding hydrogens is 350 g/mol. The highest BCUT2D eigenvalue weighted by atomic mass is 35.5. The zero-order valence-electron chi connectivity index (χ0n) is 13.9. The van der Waals surface area contributed by atoms with Crippen LogP contribution in [-0.2, 0) is 11.3 Å². The third-order valence-corrected chi connectivity index (χ3v) is 4.32. The zero-order chi connectivity index (χ0) is 17.9. The van der Waals surface area contributed by atoms with Crippen molar-refractivity contribution in [3.63, 3.8) is 0 Å². The van der Waals surface area contributed by atoms with Crippen LogP contribution in [0.1, 0.15) is 11.1 Å². The number of hydrogen-bond acceptors (Lipinski definition) is 3. The number of ether oxygens (including phenoxy) is 1. The maximum absolute atomic E-state index is 12.4. The van der Waals surface area contributed by atoms with Gasteiger partial charge in [0, 0.05) is 28.9 Å². The first-order valence-corrected chi connectivity index (χ1v) is 8.57. The molecular formula is C20H16ClN3O2. The van der Waals surface area contributed by atoms with Gasteiger partial charge in [-0.1, -0.05) is 29.8 Å². The SMILES string of the molecule is O=C(NCc1cnn(-c2ccccc2)c1)C1=Cc2cc(Cl)ccc2OC1. The van der Waals surface area contributed by atoms with Crippen LogP contribution in [0, 0.1) is 0 Å². The van der Waals surface area contributed by atoms with Gasteiger partial charge in [0.15, 0.2) is 0 Å². The zero-order valence-corrected chi connectivity index (χ0v) is 14.6. The van der Waals surface area contributed by atoms with Crippen molar-refractivity contribution in [2.24, 2.45) is 0 Å². The molecule has 4 rings (SSSR count). The molecule has 1 amide bonds. The van der Waals surface area contributed by atoms with E-state index in [0.29, 0.717) is 17.1 Å². The van der Waals surface area contributed by atoms with Crippen molar-refractivity contribution in [3.8, 4) is 11.4 Å². The Morgan fingerprint density at radius 3 is 2.92 bits per heavy atom. The van der Waals surface area contributed by atoms with Gasteiger partial charge in [-0.25, -0.2) is 4.68 Å². The first-order chi connectivity index (χ1) is 12.7. The fourth-order valence-electron chi connectivity index (χ4n) is 2.75. The normalized spacial score (nSPS) is 12.7. The fourth-order valence-corrected chi connectivity index (χ4v) is 2.93. The molecule has 2 heterocycles. The first-order valence-electron chi connectivity index (χ1n) is 8.19. The van der Waals surface area contributed by atoms with Crippen molar-refractivity contribution < 1.29 is 9.53 Å². The number of aromatic nitrogens is 2. The smallest absolute Gasteiger partial charge is 0.250 e. The van der Waals surface area contributed by atoms with Crippen LogP contribution in [0.5, 0.6) is 5.75 Å². The molecule has 0 spiro atoms. The Morgan fingerprint density at radius 1 is 1.23 bits per heavy atom. The summed E-state index contributed by atoms with van der Waals surface area (Å²) in [6.07, 6.45) is 5.46. The average molecular weight is 366 g/mol. The number of carbonyl (C=O) groups is 1. The monoisotopic (exact) mass is 365 g/mol. The maximum atomic E-state index is 12.4. The molecule has 6 heteroatoms. The van der Waals surface area contributed by atoms with E-state index < -0.39 is 0 Å². The molecule has 130 valence electrons. The van der Waals surface area contributed by atoms with Crippen LogP contribution in [0.4, 0.5) is 0 Å². The number of rotatable bonds is 4. The second-order valence-electron chi connectivity index (χ2n) is 5.95. The second-order valence-corrected chi connectivity index (χ2v) is 6.39. The topological polar surface area (TPSA) is 56.2 Å². The third-order valence-electron chi connectivity index (χ3n) is 4.09. The van der Waals surface area contributed by atoms with E-state index in [1.54, 1.807) is 29.1 Å². The second kappa shape index (κ2) is 7.06. The summed E-state index contributed by atoms with van der Waals surface area (Å²) in [5.74, 6) is 0.568. The summed E-state index contributed by atoms with van der Waals surface area (Å²) in [6.45, 7) is 0.634. The van der Waals surface area contributed by atoms with E-state index in [-0.39, 0.29) is 12.5 Å². The summed E-state index contributed by atoms with van der Waals surface area (Å²) in [5.41, 5.74) is 3.27. The van der Waals surface area contributed by atoms with Gasteiger partial charge in [0.1, 0.15) is 12.4 Å². The molecule has 0 unspecified atom stereocenters. The van der Waals surface area contributed by atoms with E-state index in [1.807, 2.05) is 42.6 Å². The van der Waals surface area contributed by atoms with E-state index >= 15 is 0 Å². The van der Waals surface area contributed by atoms with Crippen LogP contribution in [-0.4, -0.2) is 22.3 Å². The molecule has 1 N–H and O–H groups in total. The van der Waals surface area contributed by atoms with Gasteiger partial charge in [-0.3, -0.25) is 4.79 Å². The highest BCUT2D eigenvalue weighted by Gasteiger charge is 2.17. The van der Waals surface area contributed by atoms with Crippen molar-refractivity contribution in [3.05, 3.63) is 82.6 Å². The standard InChI is InChI=1S/C20H16ClN3O2/c21-17-6-7-19-15(9-17)8-16(13-26-19)20(25)22-10-14-11-23-24(12-14)18-4-2-1-3-5-18/h1-9,11-12H,10,13H2,(H,22,25). The molecule has 1 aliphatic heterocycles. The summed E-state index contributed by atoms with van der Waals surface area (Å²) in [5, 5.41) is 7.84. The number of nitrogens with one attached hydrogen (secondary N) is 1. The summed E-state index contributed by atoms with van der Waals surface area (Å²) >= 11 is 6.00. The Labute approximate surface area is 155 Å². The third kappa shape index (κ3) is 3.48. The lowest BCUT2D eigenvalue weighted by atomic mass is 10.1. The lowest BCUT2D eigenvalue weighted by molar-refractivity contribution is -0.117. The summed E-state index contributed by atoms with van der Waals surface area (Å²) in [4.78, 5) is 12.4. The Kier molecular flexibility index (Phi) is 4.46. The summed E-state index contributed by atoms with van der Waals surface area (Å²) in [6, 6.07) is 15.2. The van der Waals surface area contributed by atoms with Crippen molar-refractivity contribution in [1.29, 1.82) is 0 Å². The summed E-state index contributed by atoms with van der Waals surface area (Å²) in [7, 11) is 0. The average Bonchev–Trinajstić information content (AvgIpc) is 3.15. The molecule has 0 aliphatic carbocycles. The lowest BCUT2D eigenvalue weighted by Gasteiger charge is -2.17. The van der Waals surface area contributed by atoms with Gasteiger partial charge in [0.2, 0.25) is 0 Å². The van der Waals surface area contributed by atoms with E-state index in [9.17, 15) is 4.79 Å². The minimum atomic E-state index is -0.164. The first kappa shape index (κ1) is 16.4. The molecule has 1 aliphatic rings. The molecule has 26 heavy (non-hydrogen) atoms. The van der Waals surface area contributed by atoms with Crippen LogP contribution in [0.15, 0.2) is 66.5 Å². The highest BCUT2D eigenvalue weighted by Crippen LogP contribution is 2.28. The highest BCUT2D eigenvalue weighted by molar-refractivity contribution is 6.30. The predicted molar refractivity (Wildman–Crippen MR) is 100 cm³/mol. The Balaban J connectivity index is 1.43. The minimum absolute atomic E-state index is 0.164. The Hall–Kier alpha value is -3.05. The van der Waals surface area contributed by atoms with Crippen LogP contribution < -0.4 is 10.1 Å². The van der Waals surface area contributed by atoms with Crippen molar-refractivity contribution in [1.82, 2.24) is 15.1 Å². The number of amides is 1. The van der Waals surface area contributed by atoms with Crippen molar-refractivity contribution >= 4 is 23.6 Å². The number of hydrogen-bond donors (Lipinski definition) is 1. The molecule has 0 atom stereocenters. The quantitative estimate of drug-likeness (QED) is 0.768. The lowest BCUT2D eigenvalue weighted by Crippen LogP contribution is -2.28. The van der Waals surface area contributed by atoms with Crippen LogP contribution in [0.3, 0.4) is 0 Å². The number of carbonyl (C=O) groups excluding carboxylic acids is 1. The number of fused-ring (bicyclic) bond motifs is 1. The largest absolute Gasteiger partial charge is 0.488 e. The Bertz CT molecular complexity index is 980.